The van der Waals surface area contributed by atoms with Crippen molar-refractivity contribution < 1.29 is 4.74 Å². The fraction of sp³-hybridized carbons (Fsp3) is 0.312. The molecule has 1 saturated heterocycles. The monoisotopic (exact) mass is 286 g/mol. The second kappa shape index (κ2) is 6.20. The summed E-state index contributed by atoms with van der Waals surface area (Å²) in [5.74, 6) is 0. The molecule has 1 atom stereocenters. The zero-order chi connectivity index (χ0) is 13.8. The average Bonchev–Trinajstić information content (AvgIpc) is 2.99. The van der Waals surface area contributed by atoms with Crippen LogP contribution in [0.2, 0.25) is 0 Å². The van der Waals surface area contributed by atoms with E-state index in [1.807, 2.05) is 24.3 Å². The van der Waals surface area contributed by atoms with Crippen LogP contribution in [0.25, 0.3) is 10.8 Å². The van der Waals surface area contributed by atoms with Crippen molar-refractivity contribution in [3.8, 4) is 0 Å². The minimum absolute atomic E-state index is 0.294. The Kier molecular flexibility index (Phi) is 4.14. The van der Waals surface area contributed by atoms with Gasteiger partial charge in [-0.3, -0.25) is 0 Å². The van der Waals surface area contributed by atoms with E-state index in [1.165, 1.54) is 10.8 Å². The zero-order valence-electron chi connectivity index (χ0n) is 11.3. The van der Waals surface area contributed by atoms with Crippen LogP contribution < -0.4 is 10.6 Å². The van der Waals surface area contributed by atoms with E-state index in [9.17, 15) is 0 Å². The second-order valence-electron chi connectivity index (χ2n) is 5.00. The molecule has 1 aliphatic heterocycles. The van der Waals surface area contributed by atoms with Crippen molar-refractivity contribution in [2.45, 2.75) is 18.9 Å². The lowest BCUT2D eigenvalue weighted by atomic mass is 10.1. The summed E-state index contributed by atoms with van der Waals surface area (Å²) >= 11 is 5.36. The fourth-order valence-corrected chi connectivity index (χ4v) is 2.71. The van der Waals surface area contributed by atoms with E-state index < -0.39 is 0 Å². The van der Waals surface area contributed by atoms with E-state index in [-0.39, 0.29) is 0 Å². The van der Waals surface area contributed by atoms with E-state index in [2.05, 4.69) is 28.8 Å². The first-order valence-electron chi connectivity index (χ1n) is 6.97. The Morgan fingerprint density at radius 3 is 2.90 bits per heavy atom. The van der Waals surface area contributed by atoms with Gasteiger partial charge >= 0.3 is 0 Å². The standard InChI is InChI=1S/C16H18N2OS/c20-16(17-11-13-7-4-10-19-13)18-15-9-3-6-12-5-1-2-8-14(12)15/h1-3,5-6,8-9,13H,4,7,10-11H2,(H2,17,18,20)/t13-/m1/s1. The summed E-state index contributed by atoms with van der Waals surface area (Å²) in [6.07, 6.45) is 2.56. The van der Waals surface area contributed by atoms with Crippen LogP contribution in [0.3, 0.4) is 0 Å². The quantitative estimate of drug-likeness (QED) is 0.848. The minimum Gasteiger partial charge on any atom is -0.376 e. The van der Waals surface area contributed by atoms with Crippen LogP contribution in [-0.2, 0) is 4.74 Å². The minimum atomic E-state index is 0.294. The Balaban J connectivity index is 1.65. The highest BCUT2D eigenvalue weighted by Crippen LogP contribution is 2.22. The van der Waals surface area contributed by atoms with Gasteiger partial charge in [-0.05, 0) is 36.5 Å². The summed E-state index contributed by atoms with van der Waals surface area (Å²) < 4.78 is 5.57. The first kappa shape index (κ1) is 13.3. The van der Waals surface area contributed by atoms with Gasteiger partial charge < -0.3 is 15.4 Å². The maximum atomic E-state index is 5.57. The van der Waals surface area contributed by atoms with Gasteiger partial charge in [0, 0.05) is 24.2 Å². The summed E-state index contributed by atoms with van der Waals surface area (Å²) in [5, 5.41) is 9.54. The molecule has 1 aliphatic rings. The first-order valence-corrected chi connectivity index (χ1v) is 7.38. The lowest BCUT2D eigenvalue weighted by Crippen LogP contribution is -2.34. The third-order valence-electron chi connectivity index (χ3n) is 3.55. The van der Waals surface area contributed by atoms with Crippen LogP contribution in [0.4, 0.5) is 5.69 Å². The van der Waals surface area contributed by atoms with E-state index in [0.717, 1.165) is 31.7 Å². The lowest BCUT2D eigenvalue weighted by Gasteiger charge is -2.15. The molecule has 104 valence electrons. The molecule has 0 radical (unpaired) electrons. The zero-order valence-corrected chi connectivity index (χ0v) is 12.1. The molecular formula is C16H18N2OS. The summed E-state index contributed by atoms with van der Waals surface area (Å²) in [6.45, 7) is 1.65. The highest BCUT2D eigenvalue weighted by molar-refractivity contribution is 7.80. The summed E-state index contributed by atoms with van der Waals surface area (Å²) in [4.78, 5) is 0. The van der Waals surface area contributed by atoms with E-state index >= 15 is 0 Å². The van der Waals surface area contributed by atoms with Gasteiger partial charge in [0.25, 0.3) is 0 Å². The third-order valence-corrected chi connectivity index (χ3v) is 3.80. The normalized spacial score (nSPS) is 18.1. The SMILES string of the molecule is S=C(NC[C@H]1CCCO1)Nc1cccc2ccccc12. The molecule has 20 heavy (non-hydrogen) atoms. The molecule has 1 fully saturated rings. The van der Waals surface area contributed by atoms with Crippen molar-refractivity contribution in [1.82, 2.24) is 5.32 Å². The number of fused-ring (bicyclic) bond motifs is 1. The van der Waals surface area contributed by atoms with Gasteiger partial charge in [-0.2, -0.15) is 0 Å². The molecule has 1 heterocycles. The lowest BCUT2D eigenvalue weighted by molar-refractivity contribution is 0.114. The van der Waals surface area contributed by atoms with E-state index in [0.29, 0.717) is 11.2 Å². The van der Waals surface area contributed by atoms with Crippen LogP contribution >= 0.6 is 12.2 Å². The Morgan fingerprint density at radius 2 is 2.05 bits per heavy atom. The topological polar surface area (TPSA) is 33.3 Å². The Hall–Kier alpha value is -1.65. The molecule has 0 bridgehead atoms. The van der Waals surface area contributed by atoms with Crippen molar-refractivity contribution in [2.75, 3.05) is 18.5 Å². The van der Waals surface area contributed by atoms with Crippen molar-refractivity contribution in [3.05, 3.63) is 42.5 Å². The molecule has 2 N–H and O–H groups in total. The van der Waals surface area contributed by atoms with Gasteiger partial charge in [0.05, 0.1) is 6.10 Å². The fourth-order valence-electron chi connectivity index (χ4n) is 2.51. The highest BCUT2D eigenvalue weighted by atomic mass is 32.1. The van der Waals surface area contributed by atoms with Gasteiger partial charge in [0.1, 0.15) is 0 Å². The summed E-state index contributed by atoms with van der Waals surface area (Å²) in [7, 11) is 0. The molecule has 0 amide bonds. The third kappa shape index (κ3) is 3.08. The van der Waals surface area contributed by atoms with Gasteiger partial charge in [0.2, 0.25) is 0 Å². The van der Waals surface area contributed by atoms with Crippen LogP contribution in [-0.4, -0.2) is 24.4 Å². The maximum Gasteiger partial charge on any atom is 0.170 e. The van der Waals surface area contributed by atoms with Gasteiger partial charge in [-0.15, -0.1) is 0 Å². The number of benzene rings is 2. The first-order chi connectivity index (χ1) is 9.83. The summed E-state index contributed by atoms with van der Waals surface area (Å²) in [6, 6.07) is 14.5. The van der Waals surface area contributed by atoms with Crippen molar-refractivity contribution in [1.29, 1.82) is 0 Å². The van der Waals surface area contributed by atoms with Crippen LogP contribution in [0.1, 0.15) is 12.8 Å². The number of hydrogen-bond acceptors (Lipinski definition) is 2. The molecular weight excluding hydrogens is 268 g/mol. The molecule has 0 unspecified atom stereocenters. The number of thiocarbonyl (C=S) groups is 1. The highest BCUT2D eigenvalue weighted by Gasteiger charge is 2.15. The number of nitrogens with one attached hydrogen (secondary N) is 2. The largest absolute Gasteiger partial charge is 0.376 e. The predicted molar refractivity (Wildman–Crippen MR) is 87.1 cm³/mol. The Labute approximate surface area is 124 Å². The molecule has 0 spiro atoms. The number of ether oxygens (including phenoxy) is 1. The summed E-state index contributed by atoms with van der Waals surface area (Å²) in [5.41, 5.74) is 1.04. The molecule has 3 rings (SSSR count). The van der Waals surface area contributed by atoms with Gasteiger partial charge in [-0.1, -0.05) is 36.4 Å². The van der Waals surface area contributed by atoms with Crippen molar-refractivity contribution in [3.63, 3.8) is 0 Å². The predicted octanol–water partition coefficient (Wildman–Crippen LogP) is 3.31. The van der Waals surface area contributed by atoms with E-state index in [4.69, 9.17) is 17.0 Å². The second-order valence-corrected chi connectivity index (χ2v) is 5.41. The smallest absolute Gasteiger partial charge is 0.170 e. The van der Waals surface area contributed by atoms with E-state index in [1.54, 1.807) is 0 Å². The molecule has 4 heteroatoms. The molecule has 3 nitrogen and oxygen atoms in total. The van der Waals surface area contributed by atoms with Gasteiger partial charge in [-0.25, -0.2) is 0 Å². The average molecular weight is 286 g/mol. The number of anilines is 1. The van der Waals surface area contributed by atoms with Crippen LogP contribution in [0.15, 0.2) is 42.5 Å². The van der Waals surface area contributed by atoms with Gasteiger partial charge in [0.15, 0.2) is 5.11 Å². The van der Waals surface area contributed by atoms with Crippen LogP contribution in [0, 0.1) is 0 Å². The number of rotatable bonds is 3. The van der Waals surface area contributed by atoms with Crippen molar-refractivity contribution >= 4 is 33.8 Å². The Bertz CT molecular complexity index is 603. The number of hydrogen-bond donors (Lipinski definition) is 2. The molecule has 2 aromatic carbocycles. The molecule has 0 aromatic heterocycles. The Morgan fingerprint density at radius 1 is 1.20 bits per heavy atom. The van der Waals surface area contributed by atoms with Crippen LogP contribution in [0.5, 0.6) is 0 Å². The van der Waals surface area contributed by atoms with Crippen molar-refractivity contribution in [2.24, 2.45) is 0 Å². The molecule has 0 aliphatic carbocycles. The maximum absolute atomic E-state index is 5.57. The molecule has 2 aromatic rings. The molecule has 0 saturated carbocycles.